The second-order valence-electron chi connectivity index (χ2n) is 11.2. The minimum atomic E-state index is -0.952. The van der Waals surface area contributed by atoms with Gasteiger partial charge in [-0.2, -0.15) is 0 Å². The number of aliphatic hydroxyl groups excluding tert-OH is 1. The Kier molecular flexibility index (Phi) is 11.0. The number of hydrogen-bond acceptors (Lipinski definition) is 8. The number of ether oxygens (including phenoxy) is 2. The van der Waals surface area contributed by atoms with Crippen molar-refractivity contribution in [1.82, 2.24) is 0 Å². The van der Waals surface area contributed by atoms with Gasteiger partial charge in [0.05, 0.1) is 24.8 Å². The van der Waals surface area contributed by atoms with E-state index in [0.717, 1.165) is 56.9 Å². The second kappa shape index (κ2) is 14.6. The maximum Gasteiger partial charge on any atom is 0.253 e. The number of azide groups is 1. The Hall–Kier alpha value is -2.91. The van der Waals surface area contributed by atoms with Crippen molar-refractivity contribution in [3.8, 4) is 0 Å². The van der Waals surface area contributed by atoms with E-state index >= 15 is 0 Å². The number of benzene rings is 1. The van der Waals surface area contributed by atoms with Gasteiger partial charge in [0.1, 0.15) is 11.4 Å². The van der Waals surface area contributed by atoms with Crippen LogP contribution in [0.1, 0.15) is 70.0 Å². The normalized spacial score (nSPS) is 20.6. The van der Waals surface area contributed by atoms with Crippen LogP contribution in [0.15, 0.2) is 45.0 Å². The first-order valence-electron chi connectivity index (χ1n) is 14.7. The zero-order chi connectivity index (χ0) is 28.5. The lowest BCUT2D eigenvalue weighted by molar-refractivity contribution is -0.00236. The number of rotatable bonds is 14. The number of anilines is 2. The van der Waals surface area contributed by atoms with Crippen molar-refractivity contribution in [2.45, 2.75) is 82.6 Å². The topological polar surface area (TPSA) is 128 Å². The number of methoxy groups -OCH3 is 1. The van der Waals surface area contributed by atoms with E-state index in [2.05, 4.69) is 27.1 Å². The summed E-state index contributed by atoms with van der Waals surface area (Å²) < 4.78 is 11.6. The maximum absolute atomic E-state index is 13.2. The average molecular weight is 554 g/mol. The molecule has 4 rings (SSSR count). The summed E-state index contributed by atoms with van der Waals surface area (Å²) in [7, 11) is 1.68. The van der Waals surface area contributed by atoms with Crippen LogP contribution in [-0.2, 0) is 9.47 Å². The monoisotopic (exact) mass is 553 g/mol. The van der Waals surface area contributed by atoms with Crippen molar-refractivity contribution in [2.24, 2.45) is 11.0 Å². The quantitative estimate of drug-likeness (QED) is 0.120. The molecule has 0 amide bonds. The first-order valence-corrected chi connectivity index (χ1v) is 14.7. The van der Waals surface area contributed by atoms with Crippen LogP contribution < -0.4 is 20.7 Å². The summed E-state index contributed by atoms with van der Waals surface area (Å²) in [4.78, 5) is 33.2. The Labute approximate surface area is 236 Å². The van der Waals surface area contributed by atoms with Gasteiger partial charge in [0.2, 0.25) is 0 Å². The van der Waals surface area contributed by atoms with Crippen molar-refractivity contribution < 1.29 is 14.6 Å². The number of hydrogen-bond donors (Lipinski definition) is 1. The van der Waals surface area contributed by atoms with E-state index in [1.54, 1.807) is 7.11 Å². The SMILES string of the molecule is COCCCOC(c1ccccc1)C1CCCN(c2c(N(C3CCCCC3)[C@@H](C)[C@H](O)CN=[N+]=[N-])c(=O)c2=O)C1. The Morgan fingerprint density at radius 3 is 2.55 bits per heavy atom. The molecule has 218 valence electrons. The van der Waals surface area contributed by atoms with Crippen LogP contribution in [0.25, 0.3) is 10.4 Å². The van der Waals surface area contributed by atoms with Gasteiger partial charge in [-0.3, -0.25) is 9.59 Å². The van der Waals surface area contributed by atoms with Gasteiger partial charge in [0.15, 0.2) is 0 Å². The molecule has 1 aliphatic heterocycles. The highest BCUT2D eigenvalue weighted by Gasteiger charge is 2.40. The van der Waals surface area contributed by atoms with Crippen LogP contribution in [-0.4, -0.2) is 63.3 Å². The largest absolute Gasteiger partial charge is 0.391 e. The van der Waals surface area contributed by atoms with Gasteiger partial charge in [-0.05, 0) is 50.1 Å². The Morgan fingerprint density at radius 1 is 1.10 bits per heavy atom. The fourth-order valence-electron chi connectivity index (χ4n) is 6.46. The summed E-state index contributed by atoms with van der Waals surface area (Å²) in [6, 6.07) is 9.76. The van der Waals surface area contributed by atoms with Crippen molar-refractivity contribution >= 4 is 11.4 Å². The van der Waals surface area contributed by atoms with Crippen LogP contribution in [0.5, 0.6) is 0 Å². The predicted octanol–water partition coefficient (Wildman–Crippen LogP) is 4.49. The average Bonchev–Trinajstić information content (AvgIpc) is 3.00. The Morgan fingerprint density at radius 2 is 1.85 bits per heavy atom. The van der Waals surface area contributed by atoms with Gasteiger partial charge in [-0.25, -0.2) is 0 Å². The molecule has 1 aliphatic carbocycles. The molecule has 2 aromatic carbocycles. The lowest BCUT2D eigenvalue weighted by atomic mass is 9.87. The highest BCUT2D eigenvalue weighted by molar-refractivity contribution is 5.77. The minimum absolute atomic E-state index is 0.0493. The van der Waals surface area contributed by atoms with Gasteiger partial charge in [-0.1, -0.05) is 54.7 Å². The van der Waals surface area contributed by atoms with Gasteiger partial charge < -0.3 is 24.4 Å². The molecule has 4 atom stereocenters. The summed E-state index contributed by atoms with van der Waals surface area (Å²) >= 11 is 0. The van der Waals surface area contributed by atoms with Crippen LogP contribution in [0, 0.1) is 5.92 Å². The van der Waals surface area contributed by atoms with Crippen LogP contribution >= 0.6 is 0 Å². The fraction of sp³-hybridized carbons (Fsp3) is 0.667. The standard InChI is InChI=1S/C30H43N5O5/c1-21(25(36)19-32-33-31)35(24-14-7-4-8-15-24)27-26(28(37)29(27)38)34-16-9-13-23(20-34)30(40-18-10-17-39-2)22-11-5-3-6-12-22/h3,5-6,11-12,21,23-25,30,36H,4,7-10,13-20H2,1-2H3/t21-,23?,25+,30?/m0/s1. The third-order valence-corrected chi connectivity index (χ3v) is 8.54. The molecule has 0 aromatic heterocycles. The molecule has 40 heavy (non-hydrogen) atoms. The molecule has 2 aliphatic rings. The van der Waals surface area contributed by atoms with Gasteiger partial charge in [-0.15, -0.1) is 0 Å². The summed E-state index contributed by atoms with van der Waals surface area (Å²) in [6.07, 6.45) is 6.55. The zero-order valence-corrected chi connectivity index (χ0v) is 23.8. The van der Waals surface area contributed by atoms with E-state index in [1.165, 1.54) is 0 Å². The Balaban J connectivity index is 1.62. The van der Waals surface area contributed by atoms with E-state index in [0.29, 0.717) is 37.7 Å². The van der Waals surface area contributed by atoms with E-state index in [-0.39, 0.29) is 24.6 Å². The molecule has 1 saturated carbocycles. The fourth-order valence-corrected chi connectivity index (χ4v) is 6.46. The van der Waals surface area contributed by atoms with Crippen molar-refractivity contribution in [3.05, 3.63) is 66.8 Å². The first-order chi connectivity index (χ1) is 19.5. The van der Waals surface area contributed by atoms with Crippen LogP contribution in [0.2, 0.25) is 0 Å². The molecule has 0 bridgehead atoms. The second-order valence-corrected chi connectivity index (χ2v) is 11.2. The Bertz CT molecular complexity index is 1190. The number of aliphatic hydroxyl groups is 1. The number of piperidine rings is 1. The molecular formula is C30H43N5O5. The van der Waals surface area contributed by atoms with Gasteiger partial charge >= 0.3 is 0 Å². The molecule has 0 spiro atoms. The summed E-state index contributed by atoms with van der Waals surface area (Å²) in [5, 5.41) is 14.4. The molecule has 10 heteroatoms. The van der Waals surface area contributed by atoms with Crippen molar-refractivity contribution in [2.75, 3.05) is 49.8 Å². The molecule has 1 N–H and O–H groups in total. The summed E-state index contributed by atoms with van der Waals surface area (Å²) in [5.41, 5.74) is 9.83. The van der Waals surface area contributed by atoms with E-state index in [1.807, 2.05) is 30.0 Å². The van der Waals surface area contributed by atoms with Crippen molar-refractivity contribution in [1.29, 1.82) is 0 Å². The molecule has 2 unspecified atom stereocenters. The van der Waals surface area contributed by atoms with E-state index in [9.17, 15) is 14.7 Å². The summed E-state index contributed by atoms with van der Waals surface area (Å²) in [5.74, 6) is 0.145. The molecule has 1 saturated heterocycles. The lowest BCUT2D eigenvalue weighted by Gasteiger charge is -2.45. The molecule has 2 aromatic rings. The predicted molar refractivity (Wildman–Crippen MR) is 157 cm³/mol. The third kappa shape index (κ3) is 6.86. The highest BCUT2D eigenvalue weighted by atomic mass is 16.5. The first kappa shape index (κ1) is 30.1. The van der Waals surface area contributed by atoms with Crippen molar-refractivity contribution in [3.63, 3.8) is 0 Å². The zero-order valence-electron chi connectivity index (χ0n) is 23.8. The molecule has 10 nitrogen and oxygen atoms in total. The highest BCUT2D eigenvalue weighted by Crippen LogP contribution is 2.38. The number of nitrogens with zero attached hydrogens (tertiary/aromatic N) is 5. The van der Waals surface area contributed by atoms with Gasteiger partial charge in [0, 0.05) is 50.3 Å². The molecule has 1 heterocycles. The third-order valence-electron chi connectivity index (χ3n) is 8.54. The lowest BCUT2D eigenvalue weighted by Crippen LogP contribution is -2.56. The maximum atomic E-state index is 13.2. The van der Waals surface area contributed by atoms with Crippen LogP contribution in [0.4, 0.5) is 11.4 Å². The van der Waals surface area contributed by atoms with Crippen LogP contribution in [0.3, 0.4) is 0 Å². The minimum Gasteiger partial charge on any atom is -0.391 e. The molecule has 0 radical (unpaired) electrons. The van der Waals surface area contributed by atoms with Gasteiger partial charge in [0.25, 0.3) is 10.9 Å². The smallest absolute Gasteiger partial charge is 0.253 e. The molecular weight excluding hydrogens is 510 g/mol. The van der Waals surface area contributed by atoms with E-state index < -0.39 is 23.0 Å². The summed E-state index contributed by atoms with van der Waals surface area (Å²) in [6.45, 7) is 4.27. The molecule has 2 fully saturated rings. The van der Waals surface area contributed by atoms with E-state index in [4.69, 9.17) is 15.0 Å².